The van der Waals surface area contributed by atoms with Gasteiger partial charge in [0.1, 0.15) is 11.6 Å². The smallest absolute Gasteiger partial charge is 0.337 e. The molecular formula is C23H25FN2O3. The van der Waals surface area contributed by atoms with Crippen molar-refractivity contribution in [3.63, 3.8) is 0 Å². The van der Waals surface area contributed by atoms with E-state index in [2.05, 4.69) is 5.32 Å². The molecule has 2 N–H and O–H groups in total. The topological polar surface area (TPSA) is 63.5 Å². The number of carboxylic acids is 1. The van der Waals surface area contributed by atoms with E-state index < -0.39 is 5.97 Å². The molecule has 3 rings (SSSR count). The second kappa shape index (κ2) is 8.92. The Morgan fingerprint density at radius 1 is 1.10 bits per heavy atom. The number of halogens is 1. The van der Waals surface area contributed by atoms with Gasteiger partial charge in [-0.25, -0.2) is 9.18 Å². The van der Waals surface area contributed by atoms with Gasteiger partial charge in [-0.2, -0.15) is 0 Å². The zero-order valence-electron chi connectivity index (χ0n) is 16.8. The highest BCUT2D eigenvalue weighted by molar-refractivity contribution is 5.91. The lowest BCUT2D eigenvalue weighted by Gasteiger charge is -2.11. The first-order valence-corrected chi connectivity index (χ1v) is 9.41. The summed E-state index contributed by atoms with van der Waals surface area (Å²) < 4.78 is 20.8. The molecule has 0 aliphatic carbocycles. The molecule has 0 bridgehead atoms. The number of hydrogen-bond donors (Lipinski definition) is 2. The van der Waals surface area contributed by atoms with Crippen LogP contribution in [0.2, 0.25) is 0 Å². The lowest BCUT2D eigenvalue weighted by Crippen LogP contribution is -2.16. The number of carbonyl (C=O) groups is 1. The minimum atomic E-state index is -0.960. The van der Waals surface area contributed by atoms with Crippen LogP contribution in [-0.2, 0) is 19.6 Å². The lowest BCUT2D eigenvalue weighted by atomic mass is 10.1. The van der Waals surface area contributed by atoms with Crippen LogP contribution in [0.15, 0.2) is 48.5 Å². The van der Waals surface area contributed by atoms with E-state index in [1.54, 1.807) is 20.1 Å². The highest BCUT2D eigenvalue weighted by Crippen LogP contribution is 2.25. The fourth-order valence-corrected chi connectivity index (χ4v) is 3.68. The predicted octanol–water partition coefficient (Wildman–Crippen LogP) is 4.29. The Morgan fingerprint density at radius 3 is 2.55 bits per heavy atom. The maximum atomic E-state index is 13.5. The van der Waals surface area contributed by atoms with E-state index in [0.717, 1.165) is 28.1 Å². The van der Waals surface area contributed by atoms with Crippen molar-refractivity contribution >= 4 is 5.97 Å². The zero-order chi connectivity index (χ0) is 21.0. The van der Waals surface area contributed by atoms with Gasteiger partial charge in [0.05, 0.1) is 12.7 Å². The minimum absolute atomic E-state index is 0.298. The zero-order valence-corrected chi connectivity index (χ0v) is 16.8. The summed E-state index contributed by atoms with van der Waals surface area (Å²) in [5.74, 6) is -0.477. The summed E-state index contributed by atoms with van der Waals surface area (Å²) in [4.78, 5) is 11.9. The molecule has 0 aliphatic heterocycles. The van der Waals surface area contributed by atoms with Crippen molar-refractivity contribution in [2.24, 2.45) is 0 Å². The van der Waals surface area contributed by atoms with Crippen LogP contribution in [0, 0.1) is 19.7 Å². The van der Waals surface area contributed by atoms with Crippen molar-refractivity contribution in [1.82, 2.24) is 9.88 Å². The third kappa shape index (κ3) is 4.49. The average Bonchev–Trinajstić information content (AvgIpc) is 2.93. The Morgan fingerprint density at radius 2 is 1.86 bits per heavy atom. The van der Waals surface area contributed by atoms with Gasteiger partial charge in [-0.3, -0.25) is 0 Å². The van der Waals surface area contributed by atoms with Crippen LogP contribution in [0.5, 0.6) is 5.75 Å². The predicted molar refractivity (Wildman–Crippen MR) is 110 cm³/mol. The number of aromatic carboxylic acids is 1. The molecule has 2 aromatic carbocycles. The summed E-state index contributed by atoms with van der Waals surface area (Å²) in [6.45, 7) is 5.07. The summed E-state index contributed by atoms with van der Waals surface area (Å²) in [6.07, 6.45) is 0. The Hall–Kier alpha value is -3.12. The first kappa shape index (κ1) is 20.6. The van der Waals surface area contributed by atoms with Crippen molar-refractivity contribution in [3.8, 4) is 5.75 Å². The van der Waals surface area contributed by atoms with Gasteiger partial charge in [-0.15, -0.1) is 0 Å². The normalized spacial score (nSPS) is 10.9. The molecule has 3 aromatic rings. The lowest BCUT2D eigenvalue weighted by molar-refractivity contribution is 0.0694. The van der Waals surface area contributed by atoms with Crippen molar-refractivity contribution < 1.29 is 19.0 Å². The standard InChI is InChI=1S/C23H25FN2O3/c1-15-20(13-25-12-18-8-4-5-10-21(18)29-3)22(23(27)28)16(2)26(15)14-17-7-6-9-19(24)11-17/h4-11,25H,12-14H2,1-3H3,(H,27,28). The van der Waals surface area contributed by atoms with Gasteiger partial charge in [-0.05, 0) is 37.6 Å². The van der Waals surface area contributed by atoms with Crippen LogP contribution in [0.4, 0.5) is 4.39 Å². The minimum Gasteiger partial charge on any atom is -0.496 e. The number of benzene rings is 2. The van der Waals surface area contributed by atoms with Crippen molar-refractivity contribution in [2.75, 3.05) is 7.11 Å². The second-order valence-corrected chi connectivity index (χ2v) is 6.96. The van der Waals surface area contributed by atoms with Crippen LogP contribution in [0.25, 0.3) is 0 Å². The van der Waals surface area contributed by atoms with E-state index in [0.29, 0.717) is 30.9 Å². The van der Waals surface area contributed by atoms with E-state index in [1.807, 2.05) is 41.8 Å². The van der Waals surface area contributed by atoms with Crippen LogP contribution in [0.3, 0.4) is 0 Å². The van der Waals surface area contributed by atoms with Gasteiger partial charge in [0, 0.05) is 42.1 Å². The van der Waals surface area contributed by atoms with E-state index in [9.17, 15) is 14.3 Å². The van der Waals surface area contributed by atoms with Crippen molar-refractivity contribution in [3.05, 3.63) is 88.0 Å². The molecule has 1 aromatic heterocycles. The Kier molecular flexibility index (Phi) is 6.34. The van der Waals surface area contributed by atoms with Crippen LogP contribution in [-0.4, -0.2) is 22.8 Å². The number of rotatable bonds is 8. The largest absolute Gasteiger partial charge is 0.496 e. The van der Waals surface area contributed by atoms with Crippen LogP contribution < -0.4 is 10.1 Å². The first-order chi connectivity index (χ1) is 13.9. The number of aromatic nitrogens is 1. The molecule has 0 radical (unpaired) electrons. The van der Waals surface area contributed by atoms with E-state index in [1.165, 1.54) is 12.1 Å². The highest BCUT2D eigenvalue weighted by atomic mass is 19.1. The van der Waals surface area contributed by atoms with Crippen LogP contribution >= 0.6 is 0 Å². The molecule has 0 saturated heterocycles. The van der Waals surface area contributed by atoms with Gasteiger partial charge in [0.2, 0.25) is 0 Å². The Balaban J connectivity index is 1.85. The molecule has 0 atom stereocenters. The molecule has 0 fully saturated rings. The molecule has 1 heterocycles. The molecule has 152 valence electrons. The van der Waals surface area contributed by atoms with E-state index in [-0.39, 0.29) is 5.82 Å². The van der Waals surface area contributed by atoms with E-state index in [4.69, 9.17) is 4.74 Å². The van der Waals surface area contributed by atoms with Crippen molar-refractivity contribution in [2.45, 2.75) is 33.5 Å². The fourth-order valence-electron chi connectivity index (χ4n) is 3.68. The van der Waals surface area contributed by atoms with Gasteiger partial charge in [-0.1, -0.05) is 30.3 Å². The fraction of sp³-hybridized carbons (Fsp3) is 0.261. The van der Waals surface area contributed by atoms with E-state index >= 15 is 0 Å². The number of nitrogens with one attached hydrogen (secondary N) is 1. The van der Waals surface area contributed by atoms with Gasteiger partial charge >= 0.3 is 5.97 Å². The maximum absolute atomic E-state index is 13.5. The Labute approximate surface area is 169 Å². The summed E-state index contributed by atoms with van der Waals surface area (Å²) in [5.41, 5.74) is 4.34. The maximum Gasteiger partial charge on any atom is 0.337 e. The molecular weight excluding hydrogens is 371 g/mol. The molecule has 6 heteroatoms. The third-order valence-corrected chi connectivity index (χ3v) is 5.16. The molecule has 0 saturated carbocycles. The number of nitrogens with zero attached hydrogens (tertiary/aromatic N) is 1. The van der Waals surface area contributed by atoms with Crippen LogP contribution in [0.1, 0.15) is 38.4 Å². The first-order valence-electron chi connectivity index (χ1n) is 9.41. The SMILES string of the molecule is COc1ccccc1CNCc1c(C(=O)O)c(C)n(Cc2cccc(F)c2)c1C. The molecule has 0 spiro atoms. The number of hydrogen-bond acceptors (Lipinski definition) is 3. The quantitative estimate of drug-likeness (QED) is 0.596. The average molecular weight is 396 g/mol. The molecule has 5 nitrogen and oxygen atoms in total. The summed E-state index contributed by atoms with van der Waals surface area (Å²) >= 11 is 0. The Bertz CT molecular complexity index is 1030. The molecule has 0 unspecified atom stereocenters. The number of carboxylic acid groups (broad SMARTS) is 1. The number of ether oxygens (including phenoxy) is 1. The van der Waals surface area contributed by atoms with Gasteiger partial charge in [0.25, 0.3) is 0 Å². The molecule has 0 amide bonds. The monoisotopic (exact) mass is 396 g/mol. The summed E-state index contributed by atoms with van der Waals surface area (Å²) in [5, 5.41) is 13.1. The molecule has 0 aliphatic rings. The van der Waals surface area contributed by atoms with Gasteiger partial charge < -0.3 is 19.7 Å². The van der Waals surface area contributed by atoms with Crippen molar-refractivity contribution in [1.29, 1.82) is 0 Å². The van der Waals surface area contributed by atoms with Gasteiger partial charge in [0.15, 0.2) is 0 Å². The number of methoxy groups -OCH3 is 1. The second-order valence-electron chi connectivity index (χ2n) is 6.96. The third-order valence-electron chi connectivity index (χ3n) is 5.16. The molecule has 29 heavy (non-hydrogen) atoms. The summed E-state index contributed by atoms with van der Waals surface area (Å²) in [7, 11) is 1.63. The summed E-state index contributed by atoms with van der Waals surface area (Å²) in [6, 6.07) is 14.1. The highest BCUT2D eigenvalue weighted by Gasteiger charge is 2.22. The number of para-hydroxylation sites is 1.